The number of amides is 1. The van der Waals surface area contributed by atoms with Gasteiger partial charge in [0.25, 0.3) is 5.91 Å². The predicted molar refractivity (Wildman–Crippen MR) is 263 cm³/mol. The van der Waals surface area contributed by atoms with E-state index in [0.29, 0.717) is 12.8 Å². The van der Waals surface area contributed by atoms with Crippen molar-refractivity contribution in [1.82, 2.24) is 5.32 Å². The highest BCUT2D eigenvalue weighted by atomic mass is 16.7. The molecule has 12 unspecified atom stereocenters. The van der Waals surface area contributed by atoms with Gasteiger partial charge >= 0.3 is 0 Å². The van der Waals surface area contributed by atoms with Crippen LogP contribution in [0.1, 0.15) is 226 Å². The summed E-state index contributed by atoms with van der Waals surface area (Å²) in [6.45, 7) is 2.64. The molecule has 2 saturated heterocycles. The van der Waals surface area contributed by atoms with Crippen LogP contribution in [-0.2, 0) is 23.7 Å². The molecule has 0 radical (unpaired) electrons. The number of aliphatic hydroxyl groups is 8. The summed E-state index contributed by atoms with van der Waals surface area (Å²) in [5.74, 6) is -0.879. The first-order valence-corrected chi connectivity index (χ1v) is 27.4. The Morgan fingerprint density at radius 3 is 1.40 bits per heavy atom. The predicted octanol–water partition coefficient (Wildman–Crippen LogP) is 8.15. The fourth-order valence-corrected chi connectivity index (χ4v) is 9.45. The molecule has 0 spiro atoms. The Morgan fingerprint density at radius 2 is 0.925 bits per heavy atom. The maximum atomic E-state index is 13.3. The van der Waals surface area contributed by atoms with E-state index in [2.05, 4.69) is 31.3 Å². The van der Waals surface area contributed by atoms with Crippen LogP contribution in [-0.4, -0.2) is 134 Å². The molecular weight excluding hydrogens is 859 g/mol. The van der Waals surface area contributed by atoms with E-state index in [-0.39, 0.29) is 5.92 Å². The summed E-state index contributed by atoms with van der Waals surface area (Å²) >= 11 is 0. The third-order valence-corrected chi connectivity index (χ3v) is 13.9. The highest BCUT2D eigenvalue weighted by molar-refractivity contribution is 5.80. The molecule has 0 aromatic rings. The van der Waals surface area contributed by atoms with Crippen molar-refractivity contribution < 1.29 is 64.6 Å². The number of aliphatic hydroxyl groups excluding tert-OH is 8. The second kappa shape index (κ2) is 40.3. The van der Waals surface area contributed by atoms with Gasteiger partial charge in [-0.1, -0.05) is 206 Å². The summed E-state index contributed by atoms with van der Waals surface area (Å²) < 4.78 is 22.2. The van der Waals surface area contributed by atoms with Gasteiger partial charge in [0.2, 0.25) is 0 Å². The Balaban J connectivity index is 1.77. The van der Waals surface area contributed by atoms with Gasteiger partial charge in [-0.05, 0) is 38.0 Å². The lowest BCUT2D eigenvalue weighted by Gasteiger charge is -2.45. The Kier molecular flexibility index (Phi) is 37.2. The van der Waals surface area contributed by atoms with E-state index in [1.165, 1.54) is 167 Å². The Morgan fingerprint density at radius 1 is 0.507 bits per heavy atom. The van der Waals surface area contributed by atoms with E-state index < -0.39 is 93.4 Å². The van der Waals surface area contributed by atoms with Gasteiger partial charge in [0.1, 0.15) is 61.7 Å². The number of hydrogen-bond donors (Lipinski definition) is 9. The van der Waals surface area contributed by atoms with Crippen LogP contribution in [0.2, 0.25) is 0 Å². The molecule has 9 N–H and O–H groups in total. The number of hydrogen-bond acceptors (Lipinski definition) is 13. The standard InChI is InChI=1S/C53H101NO13/c1-3-5-7-9-11-13-15-17-19-20-21-22-23-25-27-29-31-33-35-37-41(36-34-32-30-28-26-24-18-16-14-12-10-8-6-4-2)44(57)51(63)54-40-64-52-49(62)47(60)50(43(39-56)66-52)67-53-48(61)46(59)45(58)42(38-55)65-53/h30,32,41-50,52-53,55-62H,3-29,31,33-40H2,1-2H3,(H,54,63)/b32-30+. The molecule has 0 bridgehead atoms. The second-order valence-electron chi connectivity index (χ2n) is 19.7. The fourth-order valence-electron chi connectivity index (χ4n) is 9.45. The molecule has 14 nitrogen and oxygen atoms in total. The summed E-state index contributed by atoms with van der Waals surface area (Å²) in [7, 11) is 0. The molecular formula is C53H101NO13. The molecule has 12 atom stereocenters. The first kappa shape index (κ1) is 61.8. The molecule has 14 heteroatoms. The first-order chi connectivity index (χ1) is 32.6. The van der Waals surface area contributed by atoms with Crippen molar-refractivity contribution in [2.24, 2.45) is 5.92 Å². The highest BCUT2D eigenvalue weighted by Crippen LogP contribution is 2.30. The van der Waals surface area contributed by atoms with Gasteiger partial charge in [0, 0.05) is 0 Å². The van der Waals surface area contributed by atoms with Crippen LogP contribution in [0.25, 0.3) is 0 Å². The van der Waals surface area contributed by atoms with Crippen LogP contribution >= 0.6 is 0 Å². The maximum absolute atomic E-state index is 13.3. The fraction of sp³-hybridized carbons (Fsp3) is 0.943. The number of nitrogens with one attached hydrogen (secondary N) is 1. The van der Waals surface area contributed by atoms with Crippen molar-refractivity contribution in [3.63, 3.8) is 0 Å². The zero-order valence-electron chi connectivity index (χ0n) is 42.2. The minimum Gasteiger partial charge on any atom is -0.394 e. The van der Waals surface area contributed by atoms with Gasteiger partial charge in [-0.15, -0.1) is 0 Å². The molecule has 0 aromatic carbocycles. The van der Waals surface area contributed by atoms with Crippen molar-refractivity contribution in [3.05, 3.63) is 12.2 Å². The van der Waals surface area contributed by atoms with Crippen molar-refractivity contribution in [2.45, 2.75) is 293 Å². The van der Waals surface area contributed by atoms with E-state index in [1.807, 2.05) is 0 Å². The minimum absolute atomic E-state index is 0.259. The van der Waals surface area contributed by atoms with E-state index in [9.17, 15) is 45.6 Å². The number of carbonyl (C=O) groups is 1. The van der Waals surface area contributed by atoms with E-state index >= 15 is 0 Å². The molecule has 2 aliphatic heterocycles. The zero-order valence-corrected chi connectivity index (χ0v) is 42.2. The van der Waals surface area contributed by atoms with Gasteiger partial charge in [0.15, 0.2) is 12.6 Å². The van der Waals surface area contributed by atoms with Crippen LogP contribution in [0, 0.1) is 5.92 Å². The van der Waals surface area contributed by atoms with Gasteiger partial charge < -0.3 is 65.1 Å². The highest BCUT2D eigenvalue weighted by Gasteiger charge is 2.50. The van der Waals surface area contributed by atoms with Crippen LogP contribution in [0.3, 0.4) is 0 Å². The minimum atomic E-state index is -1.78. The van der Waals surface area contributed by atoms with Gasteiger partial charge in [-0.2, -0.15) is 0 Å². The molecule has 396 valence electrons. The smallest absolute Gasteiger partial charge is 0.250 e. The normalized spacial score (nSPS) is 26.6. The topological polar surface area (TPSA) is 228 Å². The summed E-state index contributed by atoms with van der Waals surface area (Å²) in [6, 6.07) is 0. The second-order valence-corrected chi connectivity index (χ2v) is 19.7. The molecule has 2 heterocycles. The van der Waals surface area contributed by atoms with E-state index in [4.69, 9.17) is 18.9 Å². The number of carbonyl (C=O) groups excluding carboxylic acids is 1. The van der Waals surface area contributed by atoms with Crippen LogP contribution in [0.4, 0.5) is 0 Å². The van der Waals surface area contributed by atoms with Gasteiger partial charge in [-0.25, -0.2) is 0 Å². The summed E-state index contributed by atoms with van der Waals surface area (Å²) in [6.07, 6.45) is 28.1. The number of ether oxygens (including phenoxy) is 4. The molecule has 0 saturated carbocycles. The first-order valence-electron chi connectivity index (χ1n) is 27.4. The molecule has 0 aromatic heterocycles. The van der Waals surface area contributed by atoms with E-state index in [0.717, 1.165) is 32.1 Å². The van der Waals surface area contributed by atoms with Gasteiger partial charge in [0.05, 0.1) is 13.2 Å². The SMILES string of the molecule is CCCCCCCCCCCC/C=C/CCC(CCCCCCCCCCCCCCCCCCCCC)C(O)C(=O)NCOC1OC(CO)C(OC2OC(CO)C(O)C(O)C2O)C(O)C1O. The van der Waals surface area contributed by atoms with E-state index in [1.54, 1.807) is 0 Å². The summed E-state index contributed by atoms with van der Waals surface area (Å²) in [5, 5.41) is 85.8. The third kappa shape index (κ3) is 26.7. The lowest BCUT2D eigenvalue weighted by Crippen LogP contribution is -2.64. The Bertz CT molecular complexity index is 1180. The maximum Gasteiger partial charge on any atom is 0.250 e. The molecule has 1 amide bonds. The number of allylic oxidation sites excluding steroid dienone is 2. The van der Waals surface area contributed by atoms with Crippen molar-refractivity contribution >= 4 is 5.91 Å². The average molecular weight is 960 g/mol. The number of unbranched alkanes of at least 4 members (excludes halogenated alkanes) is 28. The lowest BCUT2D eigenvalue weighted by atomic mass is 9.90. The largest absolute Gasteiger partial charge is 0.394 e. The number of rotatable bonds is 43. The van der Waals surface area contributed by atoms with Crippen molar-refractivity contribution in [3.8, 4) is 0 Å². The van der Waals surface area contributed by atoms with Crippen LogP contribution in [0.5, 0.6) is 0 Å². The monoisotopic (exact) mass is 960 g/mol. The summed E-state index contributed by atoms with van der Waals surface area (Å²) in [5.41, 5.74) is 0. The molecule has 2 rings (SSSR count). The van der Waals surface area contributed by atoms with Crippen LogP contribution < -0.4 is 5.32 Å². The Hall–Kier alpha value is -1.27. The average Bonchev–Trinajstić information content (AvgIpc) is 3.33. The lowest BCUT2D eigenvalue weighted by molar-refractivity contribution is -0.359. The zero-order chi connectivity index (χ0) is 48.9. The summed E-state index contributed by atoms with van der Waals surface area (Å²) in [4.78, 5) is 13.3. The molecule has 2 aliphatic rings. The molecule has 0 aliphatic carbocycles. The molecule has 2 fully saturated rings. The molecule has 67 heavy (non-hydrogen) atoms. The third-order valence-electron chi connectivity index (χ3n) is 13.9. The van der Waals surface area contributed by atoms with Crippen molar-refractivity contribution in [2.75, 3.05) is 19.9 Å². The van der Waals surface area contributed by atoms with Gasteiger partial charge in [-0.3, -0.25) is 4.79 Å². The van der Waals surface area contributed by atoms with Crippen molar-refractivity contribution in [1.29, 1.82) is 0 Å². The quantitative estimate of drug-likeness (QED) is 0.0160. The van der Waals surface area contributed by atoms with Crippen LogP contribution in [0.15, 0.2) is 12.2 Å². The Labute approximate surface area is 406 Å².